The number of halogens is 2. The van der Waals surface area contributed by atoms with Crippen LogP contribution in [0.5, 0.6) is 0 Å². The number of alkyl halides is 2. The van der Waals surface area contributed by atoms with Crippen molar-refractivity contribution in [3.8, 4) is 0 Å². The molecule has 4 rings (SSSR count). The van der Waals surface area contributed by atoms with Crippen LogP contribution in [0.3, 0.4) is 0 Å². The molecule has 0 radical (unpaired) electrons. The van der Waals surface area contributed by atoms with Crippen LogP contribution in [0.2, 0.25) is 0 Å². The lowest BCUT2D eigenvalue weighted by molar-refractivity contribution is -0.174. The van der Waals surface area contributed by atoms with E-state index in [0.29, 0.717) is 25.7 Å². The zero-order valence-corrected chi connectivity index (χ0v) is 17.4. The number of hydrogen-bond donors (Lipinski definition) is 2. The Bertz CT molecular complexity index is 775. The molecule has 4 fully saturated rings. The van der Waals surface area contributed by atoms with Gasteiger partial charge in [0.15, 0.2) is 10.1 Å². The molecule has 2 saturated carbocycles. The normalized spacial score (nSPS) is 38.4. The standard InChI is InChI=1S/C18H26F2O7S2/c19-18(20,29(24,25)26)15(21)27-10-9-11-12(16(22)5-1-2-6-16)13(14(10)28-11)17(23)7-3-4-8-17/h10-14,22-23H,1-9H2,(H,24,25,26)/p-1. The Kier molecular flexibility index (Phi) is 5.25. The maximum Gasteiger partial charge on any atom is 0.428 e. The van der Waals surface area contributed by atoms with Crippen molar-refractivity contribution in [3.63, 3.8) is 0 Å². The summed E-state index contributed by atoms with van der Waals surface area (Å²) in [6.45, 7) is 0. The minimum atomic E-state index is -6.19. The van der Waals surface area contributed by atoms with E-state index in [-0.39, 0.29) is 17.6 Å². The molecule has 5 unspecified atom stereocenters. The predicted octanol–water partition coefficient (Wildman–Crippen LogP) is 1.77. The minimum absolute atomic E-state index is 0.187. The van der Waals surface area contributed by atoms with Gasteiger partial charge in [-0.25, -0.2) is 13.2 Å². The number of aliphatic hydroxyl groups is 2. The Hall–Kier alpha value is -0.490. The van der Waals surface area contributed by atoms with Crippen molar-refractivity contribution in [1.29, 1.82) is 0 Å². The summed E-state index contributed by atoms with van der Waals surface area (Å²) in [6.07, 6.45) is 4.85. The molecule has 7 nitrogen and oxygen atoms in total. The van der Waals surface area contributed by atoms with E-state index in [9.17, 15) is 36.8 Å². The smallest absolute Gasteiger partial charge is 0.428 e. The number of rotatable bonds is 5. The Morgan fingerprint density at radius 3 is 2.00 bits per heavy atom. The number of ether oxygens (including phenoxy) is 1. The predicted molar refractivity (Wildman–Crippen MR) is 98.1 cm³/mol. The van der Waals surface area contributed by atoms with E-state index in [4.69, 9.17) is 4.74 Å². The molecule has 0 aromatic rings. The molecule has 2 N–H and O–H groups in total. The van der Waals surface area contributed by atoms with Crippen LogP contribution in [-0.2, 0) is 19.6 Å². The molecule has 2 aliphatic heterocycles. The summed E-state index contributed by atoms with van der Waals surface area (Å²) in [6, 6.07) is 0. The van der Waals surface area contributed by atoms with Crippen molar-refractivity contribution < 1.29 is 41.5 Å². The van der Waals surface area contributed by atoms with E-state index in [0.717, 1.165) is 25.7 Å². The van der Waals surface area contributed by atoms with Crippen molar-refractivity contribution in [2.24, 2.45) is 11.8 Å². The number of fused-ring (bicyclic) bond motifs is 2. The van der Waals surface area contributed by atoms with Crippen molar-refractivity contribution >= 4 is 27.8 Å². The lowest BCUT2D eigenvalue weighted by Crippen LogP contribution is -2.57. The van der Waals surface area contributed by atoms with Crippen LogP contribution < -0.4 is 0 Å². The minimum Gasteiger partial charge on any atom is -0.743 e. The van der Waals surface area contributed by atoms with Crippen molar-refractivity contribution in [2.75, 3.05) is 0 Å². The van der Waals surface area contributed by atoms with Gasteiger partial charge in [0, 0.05) is 22.3 Å². The van der Waals surface area contributed by atoms with Crippen LogP contribution in [0.25, 0.3) is 0 Å². The van der Waals surface area contributed by atoms with Crippen LogP contribution in [0, 0.1) is 11.8 Å². The van der Waals surface area contributed by atoms with Crippen LogP contribution in [0.15, 0.2) is 0 Å². The van der Waals surface area contributed by atoms with Gasteiger partial charge in [0.2, 0.25) is 0 Å². The zero-order valence-electron chi connectivity index (χ0n) is 15.8. The van der Waals surface area contributed by atoms with E-state index in [1.54, 1.807) is 0 Å². The summed E-state index contributed by atoms with van der Waals surface area (Å²) in [5, 5.41) is 16.8. The fourth-order valence-electron chi connectivity index (χ4n) is 6.08. The third kappa shape index (κ3) is 3.40. The second-order valence-electron chi connectivity index (χ2n) is 8.96. The fourth-order valence-corrected chi connectivity index (χ4v) is 8.56. The average molecular weight is 456 g/mol. The summed E-state index contributed by atoms with van der Waals surface area (Å²) < 4.78 is 64.3. The number of carbonyl (C=O) groups excluding carboxylic acids is 1. The van der Waals surface area contributed by atoms with E-state index in [2.05, 4.69) is 0 Å². The molecule has 29 heavy (non-hydrogen) atoms. The van der Waals surface area contributed by atoms with Crippen molar-refractivity contribution in [3.05, 3.63) is 0 Å². The van der Waals surface area contributed by atoms with Gasteiger partial charge in [-0.3, -0.25) is 0 Å². The first-order valence-corrected chi connectivity index (χ1v) is 12.4. The summed E-state index contributed by atoms with van der Waals surface area (Å²) >= 11 is 1.42. The first-order valence-electron chi connectivity index (χ1n) is 10.0. The van der Waals surface area contributed by atoms with Gasteiger partial charge >= 0.3 is 11.2 Å². The third-order valence-corrected chi connectivity index (χ3v) is 9.84. The first kappa shape index (κ1) is 21.7. The molecule has 0 aromatic heterocycles. The van der Waals surface area contributed by atoms with Gasteiger partial charge in [0.05, 0.1) is 11.2 Å². The summed E-state index contributed by atoms with van der Waals surface area (Å²) in [4.78, 5) is 11.8. The zero-order chi connectivity index (χ0) is 21.2. The largest absolute Gasteiger partial charge is 0.743 e. The molecular weight excluding hydrogens is 430 g/mol. The lowest BCUT2D eigenvalue weighted by atomic mass is 9.62. The topological polar surface area (TPSA) is 124 Å². The van der Waals surface area contributed by atoms with Crippen LogP contribution in [-0.4, -0.2) is 62.2 Å². The monoisotopic (exact) mass is 455 g/mol. The number of esters is 1. The van der Waals surface area contributed by atoms with Crippen molar-refractivity contribution in [2.45, 2.75) is 90.8 Å². The molecule has 4 aliphatic rings. The second kappa shape index (κ2) is 7.01. The Balaban J connectivity index is 1.60. The SMILES string of the molecule is O=C(OC1CC2SC1C(C1(O)CCCC1)C2C1(O)CCCC1)C(F)(F)S(=O)(=O)[O-]. The molecule has 0 amide bonds. The van der Waals surface area contributed by atoms with Gasteiger partial charge < -0.3 is 19.5 Å². The first-order chi connectivity index (χ1) is 13.4. The summed E-state index contributed by atoms with van der Waals surface area (Å²) in [5.74, 6) is -3.03. The van der Waals surface area contributed by atoms with E-state index >= 15 is 0 Å². The van der Waals surface area contributed by atoms with Gasteiger partial charge in [0.1, 0.15) is 6.10 Å². The average Bonchev–Trinajstić information content (AvgIpc) is 3.37. The third-order valence-electron chi connectivity index (χ3n) is 7.29. The number of hydrogen-bond acceptors (Lipinski definition) is 8. The highest BCUT2D eigenvalue weighted by molar-refractivity contribution is 8.01. The van der Waals surface area contributed by atoms with Gasteiger partial charge in [0.25, 0.3) is 0 Å². The van der Waals surface area contributed by atoms with Gasteiger partial charge in [-0.1, -0.05) is 25.7 Å². The molecule has 166 valence electrons. The highest BCUT2D eigenvalue weighted by atomic mass is 32.2. The molecule has 2 bridgehead atoms. The second-order valence-corrected chi connectivity index (χ2v) is 11.8. The van der Waals surface area contributed by atoms with E-state index in [1.807, 2.05) is 0 Å². The van der Waals surface area contributed by atoms with Gasteiger partial charge in [-0.15, -0.1) is 0 Å². The molecule has 2 heterocycles. The van der Waals surface area contributed by atoms with Crippen molar-refractivity contribution in [1.82, 2.24) is 0 Å². The Morgan fingerprint density at radius 2 is 1.52 bits per heavy atom. The molecular formula is C18H25F2O7S2-. The molecule has 2 aliphatic carbocycles. The van der Waals surface area contributed by atoms with Crippen LogP contribution in [0.4, 0.5) is 8.78 Å². The Labute approximate surface area is 172 Å². The molecule has 2 saturated heterocycles. The van der Waals surface area contributed by atoms with Gasteiger partial charge in [-0.05, 0) is 32.1 Å². The maximum absolute atomic E-state index is 13.6. The fraction of sp³-hybridized carbons (Fsp3) is 0.944. The highest BCUT2D eigenvalue weighted by Gasteiger charge is 2.67. The number of thioether (sulfide) groups is 1. The molecule has 5 atom stereocenters. The van der Waals surface area contributed by atoms with Crippen LogP contribution >= 0.6 is 11.8 Å². The maximum atomic E-state index is 13.6. The molecule has 0 spiro atoms. The van der Waals surface area contributed by atoms with E-state index < -0.39 is 49.8 Å². The van der Waals surface area contributed by atoms with Crippen LogP contribution in [0.1, 0.15) is 57.8 Å². The number of carbonyl (C=O) groups is 1. The quantitative estimate of drug-likeness (QED) is 0.475. The van der Waals surface area contributed by atoms with Gasteiger partial charge in [-0.2, -0.15) is 20.5 Å². The lowest BCUT2D eigenvalue weighted by Gasteiger charge is -2.47. The Morgan fingerprint density at radius 1 is 1.03 bits per heavy atom. The summed E-state index contributed by atoms with van der Waals surface area (Å²) in [7, 11) is -6.19. The summed E-state index contributed by atoms with van der Waals surface area (Å²) in [5.41, 5.74) is -2.01. The highest BCUT2D eigenvalue weighted by Crippen LogP contribution is 2.64. The molecule has 11 heteroatoms. The molecule has 0 aromatic carbocycles. The van der Waals surface area contributed by atoms with E-state index in [1.165, 1.54) is 11.8 Å².